The average Bonchev–Trinajstić information content (AvgIpc) is 2.46. The maximum atomic E-state index is 10.4. The monoisotopic (exact) mass is 314 g/mol. The second-order valence-electron chi connectivity index (χ2n) is 4.09. The van der Waals surface area contributed by atoms with E-state index in [2.05, 4.69) is 4.18 Å². The van der Waals surface area contributed by atoms with E-state index in [0.29, 0.717) is 6.42 Å². The lowest BCUT2D eigenvalue weighted by Crippen LogP contribution is -2.07. The highest BCUT2D eigenvalue weighted by Gasteiger charge is 2.05. The highest BCUT2D eigenvalue weighted by molar-refractivity contribution is 7.80. The van der Waals surface area contributed by atoms with Gasteiger partial charge >= 0.3 is 10.4 Å². The number of aliphatic hydroxyl groups excluding tert-OH is 2. The van der Waals surface area contributed by atoms with Crippen LogP contribution in [-0.4, -0.2) is 43.0 Å². The molecule has 0 heterocycles. The Morgan fingerprint density at radius 2 is 1.57 bits per heavy atom. The molecule has 0 aromatic heterocycles. The van der Waals surface area contributed by atoms with E-state index < -0.39 is 10.4 Å². The predicted octanol–water partition coefficient (Wildman–Crippen LogP) is 1.17. The van der Waals surface area contributed by atoms with Gasteiger partial charge in [0.25, 0.3) is 0 Å². The van der Waals surface area contributed by atoms with E-state index in [1.54, 1.807) is 0 Å². The van der Waals surface area contributed by atoms with E-state index in [9.17, 15) is 8.42 Å². The predicted molar refractivity (Wildman–Crippen MR) is 79.3 cm³/mol. The Kier molecular flexibility index (Phi) is 7.27. The van der Waals surface area contributed by atoms with Crippen molar-refractivity contribution in [3.63, 3.8) is 0 Å². The standard InChI is InChI=1S/C12H12O4S.C2H6O2/c13-17(14,15)16-9-8-11-6-3-5-10-4-1-2-7-12(10)11;3-1-2-4/h1-7H,8-9H2,(H,13,14,15);3-4H,1-2H2. The van der Waals surface area contributed by atoms with Gasteiger partial charge in [-0.15, -0.1) is 0 Å². The Balaban J connectivity index is 0.000000491. The van der Waals surface area contributed by atoms with Crippen LogP contribution < -0.4 is 0 Å². The van der Waals surface area contributed by atoms with Crippen LogP contribution in [-0.2, 0) is 21.0 Å². The van der Waals surface area contributed by atoms with E-state index >= 15 is 0 Å². The van der Waals surface area contributed by atoms with Crippen LogP contribution in [0.15, 0.2) is 42.5 Å². The lowest BCUT2D eigenvalue weighted by molar-refractivity contribution is 0.186. The minimum Gasteiger partial charge on any atom is -0.394 e. The number of aliphatic hydroxyl groups is 2. The molecule has 21 heavy (non-hydrogen) atoms. The largest absolute Gasteiger partial charge is 0.397 e. The molecule has 0 bridgehead atoms. The normalized spacial score (nSPS) is 11.0. The third-order valence-corrected chi connectivity index (χ3v) is 3.05. The second kappa shape index (κ2) is 8.71. The van der Waals surface area contributed by atoms with Crippen molar-refractivity contribution in [3.8, 4) is 0 Å². The van der Waals surface area contributed by atoms with Crippen LogP contribution in [0.4, 0.5) is 0 Å². The summed E-state index contributed by atoms with van der Waals surface area (Å²) in [6.45, 7) is -0.313. The van der Waals surface area contributed by atoms with Gasteiger partial charge in [0.05, 0.1) is 19.8 Å². The summed E-state index contributed by atoms with van der Waals surface area (Å²) in [7, 11) is -4.35. The van der Waals surface area contributed by atoms with Crippen LogP contribution in [0.2, 0.25) is 0 Å². The molecule has 2 aromatic rings. The number of fused-ring (bicyclic) bond motifs is 1. The minimum absolute atomic E-state index is 0.0627. The molecular weight excluding hydrogens is 296 g/mol. The molecular formula is C14H18O6S. The number of benzene rings is 2. The molecule has 3 N–H and O–H groups in total. The van der Waals surface area contributed by atoms with Crippen LogP contribution >= 0.6 is 0 Å². The highest BCUT2D eigenvalue weighted by Crippen LogP contribution is 2.18. The first-order valence-electron chi connectivity index (χ1n) is 6.28. The molecule has 0 aliphatic heterocycles. The van der Waals surface area contributed by atoms with Crippen LogP contribution in [0.25, 0.3) is 10.8 Å². The van der Waals surface area contributed by atoms with Crippen LogP contribution in [0.5, 0.6) is 0 Å². The summed E-state index contributed by atoms with van der Waals surface area (Å²) in [5, 5.41) is 17.4. The summed E-state index contributed by atoms with van der Waals surface area (Å²) in [6, 6.07) is 13.6. The molecule has 0 aliphatic rings. The summed E-state index contributed by atoms with van der Waals surface area (Å²) < 4.78 is 33.6. The van der Waals surface area contributed by atoms with E-state index in [1.807, 2.05) is 42.5 Å². The lowest BCUT2D eigenvalue weighted by atomic mass is 10.0. The highest BCUT2D eigenvalue weighted by atomic mass is 32.3. The molecule has 6 nitrogen and oxygen atoms in total. The van der Waals surface area contributed by atoms with Crippen molar-refractivity contribution in [3.05, 3.63) is 48.0 Å². The van der Waals surface area contributed by atoms with E-state index in [4.69, 9.17) is 14.8 Å². The number of rotatable bonds is 5. The Bertz CT molecular complexity index is 646. The summed E-state index contributed by atoms with van der Waals surface area (Å²) in [4.78, 5) is 0. The molecule has 0 unspecified atom stereocenters. The maximum absolute atomic E-state index is 10.4. The first-order chi connectivity index (χ1) is 9.98. The zero-order valence-electron chi connectivity index (χ0n) is 11.3. The number of hydrogen-bond donors (Lipinski definition) is 3. The zero-order valence-corrected chi connectivity index (χ0v) is 12.2. The Labute approximate surface area is 123 Å². The van der Waals surface area contributed by atoms with Crippen molar-refractivity contribution in [2.45, 2.75) is 6.42 Å². The van der Waals surface area contributed by atoms with Crippen LogP contribution in [0.1, 0.15) is 5.56 Å². The molecule has 2 rings (SSSR count). The summed E-state index contributed by atoms with van der Waals surface area (Å²) >= 11 is 0. The zero-order chi connectivity index (χ0) is 15.7. The smallest absolute Gasteiger partial charge is 0.394 e. The van der Waals surface area contributed by atoms with Crippen molar-refractivity contribution >= 4 is 21.2 Å². The van der Waals surface area contributed by atoms with Gasteiger partial charge in [-0.25, -0.2) is 4.18 Å². The van der Waals surface area contributed by atoms with Crippen LogP contribution in [0, 0.1) is 0 Å². The first-order valence-corrected chi connectivity index (χ1v) is 7.64. The van der Waals surface area contributed by atoms with Gasteiger partial charge in [0.1, 0.15) is 0 Å². The van der Waals surface area contributed by atoms with Gasteiger partial charge in [0, 0.05) is 0 Å². The van der Waals surface area contributed by atoms with Crippen molar-refractivity contribution < 1.29 is 27.4 Å². The van der Waals surface area contributed by atoms with E-state index in [0.717, 1.165) is 16.3 Å². The summed E-state index contributed by atoms with van der Waals surface area (Å²) in [6.07, 6.45) is 0.432. The van der Waals surface area contributed by atoms with Gasteiger partial charge in [0.15, 0.2) is 0 Å². The fraction of sp³-hybridized carbons (Fsp3) is 0.286. The Hall–Kier alpha value is -1.51. The van der Waals surface area contributed by atoms with Gasteiger partial charge < -0.3 is 10.2 Å². The minimum atomic E-state index is -4.35. The Morgan fingerprint density at radius 1 is 0.952 bits per heavy atom. The fourth-order valence-electron chi connectivity index (χ4n) is 1.77. The third kappa shape index (κ3) is 6.65. The lowest BCUT2D eigenvalue weighted by Gasteiger charge is -2.05. The van der Waals surface area contributed by atoms with Crippen molar-refractivity contribution in [1.29, 1.82) is 0 Å². The second-order valence-corrected chi connectivity index (χ2v) is 5.18. The third-order valence-electron chi connectivity index (χ3n) is 2.58. The van der Waals surface area contributed by atoms with Crippen molar-refractivity contribution in [2.24, 2.45) is 0 Å². The molecule has 116 valence electrons. The Morgan fingerprint density at radius 3 is 2.19 bits per heavy atom. The van der Waals surface area contributed by atoms with Gasteiger partial charge in [0.2, 0.25) is 0 Å². The molecule has 0 saturated heterocycles. The molecule has 0 spiro atoms. The summed E-state index contributed by atoms with van der Waals surface area (Å²) in [5.41, 5.74) is 0.992. The first kappa shape index (κ1) is 17.5. The van der Waals surface area contributed by atoms with Gasteiger partial charge in [-0.2, -0.15) is 8.42 Å². The summed E-state index contributed by atoms with van der Waals surface area (Å²) in [5.74, 6) is 0. The molecule has 7 heteroatoms. The van der Waals surface area contributed by atoms with E-state index in [-0.39, 0.29) is 19.8 Å². The van der Waals surface area contributed by atoms with Crippen molar-refractivity contribution in [2.75, 3.05) is 19.8 Å². The molecule has 0 amide bonds. The van der Waals surface area contributed by atoms with Crippen LogP contribution in [0.3, 0.4) is 0 Å². The number of hydrogen-bond acceptors (Lipinski definition) is 5. The molecule has 0 fully saturated rings. The topological polar surface area (TPSA) is 104 Å². The fourth-order valence-corrected chi connectivity index (χ4v) is 2.06. The molecule has 0 aliphatic carbocycles. The van der Waals surface area contributed by atoms with Gasteiger partial charge in [-0.1, -0.05) is 42.5 Å². The van der Waals surface area contributed by atoms with E-state index in [1.165, 1.54) is 0 Å². The quantitative estimate of drug-likeness (QED) is 0.716. The van der Waals surface area contributed by atoms with Crippen molar-refractivity contribution in [1.82, 2.24) is 0 Å². The molecule has 0 saturated carbocycles. The van der Waals surface area contributed by atoms with Gasteiger partial charge in [-0.05, 0) is 22.8 Å². The molecule has 2 aromatic carbocycles. The van der Waals surface area contributed by atoms with Gasteiger partial charge in [-0.3, -0.25) is 4.55 Å². The molecule has 0 radical (unpaired) electrons. The average molecular weight is 314 g/mol. The molecule has 0 atom stereocenters. The SMILES string of the molecule is O=S(=O)(O)OCCc1cccc2ccccc12.OCCO. The maximum Gasteiger partial charge on any atom is 0.397 e.